The van der Waals surface area contributed by atoms with Crippen molar-refractivity contribution in [1.82, 2.24) is 14.4 Å². The fourth-order valence-corrected chi connectivity index (χ4v) is 5.09. The van der Waals surface area contributed by atoms with E-state index < -0.39 is 0 Å². The molecule has 2 aromatic carbocycles. The van der Waals surface area contributed by atoms with Gasteiger partial charge in [0.05, 0.1) is 11.7 Å². The minimum atomic E-state index is 0.548. The van der Waals surface area contributed by atoms with Crippen molar-refractivity contribution in [3.63, 3.8) is 0 Å². The Bertz CT molecular complexity index is 955. The van der Waals surface area contributed by atoms with Crippen molar-refractivity contribution in [2.45, 2.75) is 38.9 Å². The molecular weight excluding hydrogens is 376 g/mol. The second-order valence-electron chi connectivity index (χ2n) is 8.21. The van der Waals surface area contributed by atoms with Gasteiger partial charge in [0, 0.05) is 60.1 Å². The lowest BCUT2D eigenvalue weighted by Gasteiger charge is -2.44. The third-order valence-electron chi connectivity index (χ3n) is 6.25. The Hall–Kier alpha value is -2.04. The monoisotopic (exact) mass is 406 g/mol. The van der Waals surface area contributed by atoms with E-state index in [1.54, 1.807) is 0 Å². The number of rotatable bonds is 7. The lowest BCUT2D eigenvalue weighted by Crippen LogP contribution is -2.57. The van der Waals surface area contributed by atoms with E-state index in [0.29, 0.717) is 12.1 Å². The fourth-order valence-electron chi connectivity index (χ4n) is 5.00. The summed E-state index contributed by atoms with van der Waals surface area (Å²) in [5.41, 5.74) is 2.69. The zero-order chi connectivity index (χ0) is 20.2. The Morgan fingerprint density at radius 3 is 2.07 bits per heavy atom. The molecule has 1 aliphatic rings. The van der Waals surface area contributed by atoms with Gasteiger partial charge in [-0.2, -0.15) is 0 Å². The van der Waals surface area contributed by atoms with Crippen LogP contribution in [-0.2, 0) is 6.54 Å². The summed E-state index contributed by atoms with van der Waals surface area (Å²) >= 11 is 4.69. The Morgan fingerprint density at radius 2 is 1.48 bits per heavy atom. The van der Waals surface area contributed by atoms with Gasteiger partial charge >= 0.3 is 0 Å². The predicted octanol–water partition coefficient (Wildman–Crippen LogP) is 4.68. The Kier molecular flexibility index (Phi) is 6.41. The average Bonchev–Trinajstić information content (AvgIpc) is 3.04. The fraction of sp³-hybridized carbons (Fsp3) is 0.458. The SMILES string of the molecule is CC1CN(CCCn2c3ccccc3c3ccccc32)CC(C)N1CCN=C=S. The zero-order valence-corrected chi connectivity index (χ0v) is 18.2. The first-order chi connectivity index (χ1) is 14.2. The molecule has 1 fully saturated rings. The van der Waals surface area contributed by atoms with Crippen molar-refractivity contribution in [2.24, 2.45) is 4.99 Å². The topological polar surface area (TPSA) is 23.8 Å². The largest absolute Gasteiger partial charge is 0.340 e. The van der Waals surface area contributed by atoms with Crippen LogP contribution in [0, 0.1) is 0 Å². The highest BCUT2D eigenvalue weighted by atomic mass is 32.1. The number of benzene rings is 2. The van der Waals surface area contributed by atoms with Gasteiger partial charge in [-0.3, -0.25) is 4.90 Å². The van der Waals surface area contributed by atoms with Crippen LogP contribution in [-0.4, -0.2) is 64.3 Å². The van der Waals surface area contributed by atoms with Crippen LogP contribution in [0.1, 0.15) is 20.3 Å². The summed E-state index contributed by atoms with van der Waals surface area (Å²) in [6.07, 6.45) is 1.16. The molecule has 0 N–H and O–H groups in total. The van der Waals surface area contributed by atoms with Crippen molar-refractivity contribution in [3.8, 4) is 0 Å². The van der Waals surface area contributed by atoms with Crippen LogP contribution >= 0.6 is 12.2 Å². The standard InChI is InChI=1S/C24H30N4S/c1-19-16-26(17-20(2)27(19)15-12-25-18-29)13-7-14-28-23-10-5-3-8-21(23)22-9-4-6-11-24(22)28/h3-6,8-11,19-20H,7,12-17H2,1-2H3. The molecule has 4 rings (SSSR count). The Labute approximate surface area is 178 Å². The first kappa shape index (κ1) is 20.2. The average molecular weight is 407 g/mol. The van der Waals surface area contributed by atoms with Crippen LogP contribution in [0.2, 0.25) is 0 Å². The molecule has 3 aromatic rings. The summed E-state index contributed by atoms with van der Waals surface area (Å²) < 4.78 is 2.50. The number of hydrogen-bond acceptors (Lipinski definition) is 4. The number of aromatic nitrogens is 1. The number of aliphatic imine (C=N–C) groups is 1. The smallest absolute Gasteiger partial charge is 0.0620 e. The minimum Gasteiger partial charge on any atom is -0.340 e. The van der Waals surface area contributed by atoms with Crippen LogP contribution in [0.3, 0.4) is 0 Å². The van der Waals surface area contributed by atoms with E-state index in [0.717, 1.165) is 45.7 Å². The maximum Gasteiger partial charge on any atom is 0.0620 e. The molecule has 0 aliphatic carbocycles. The number of thiocarbonyl (C=S) groups is 1. The van der Waals surface area contributed by atoms with Gasteiger partial charge in [-0.15, -0.1) is 0 Å². The lowest BCUT2D eigenvalue weighted by atomic mass is 10.1. The number of para-hydroxylation sites is 2. The molecule has 5 heteroatoms. The van der Waals surface area contributed by atoms with Crippen molar-refractivity contribution in [3.05, 3.63) is 48.5 Å². The molecule has 0 spiro atoms. The summed E-state index contributed by atoms with van der Waals surface area (Å²) in [5.74, 6) is 0. The quantitative estimate of drug-likeness (QED) is 0.420. The molecule has 2 atom stereocenters. The molecule has 152 valence electrons. The predicted molar refractivity (Wildman–Crippen MR) is 126 cm³/mol. The summed E-state index contributed by atoms with van der Waals surface area (Å²) in [6, 6.07) is 18.7. The molecule has 0 radical (unpaired) electrons. The van der Waals surface area contributed by atoms with Gasteiger partial charge in [0.1, 0.15) is 0 Å². The van der Waals surface area contributed by atoms with Crippen LogP contribution < -0.4 is 0 Å². The Balaban J connectivity index is 1.40. The molecule has 1 aliphatic heterocycles. The molecule has 29 heavy (non-hydrogen) atoms. The van der Waals surface area contributed by atoms with Crippen LogP contribution in [0.25, 0.3) is 21.8 Å². The number of nitrogens with zero attached hydrogens (tertiary/aromatic N) is 4. The molecule has 2 unspecified atom stereocenters. The van der Waals surface area contributed by atoms with Gasteiger partial charge < -0.3 is 9.47 Å². The first-order valence-electron chi connectivity index (χ1n) is 10.7. The Morgan fingerprint density at radius 1 is 0.897 bits per heavy atom. The second kappa shape index (κ2) is 9.19. The van der Waals surface area contributed by atoms with E-state index in [1.165, 1.54) is 21.8 Å². The molecule has 1 saturated heterocycles. The second-order valence-corrected chi connectivity index (χ2v) is 8.39. The van der Waals surface area contributed by atoms with Crippen molar-refractivity contribution >= 4 is 39.2 Å². The summed E-state index contributed by atoms with van der Waals surface area (Å²) in [6.45, 7) is 10.8. The highest BCUT2D eigenvalue weighted by Gasteiger charge is 2.28. The first-order valence-corrected chi connectivity index (χ1v) is 11.1. The van der Waals surface area contributed by atoms with Crippen molar-refractivity contribution in [2.75, 3.05) is 32.7 Å². The lowest BCUT2D eigenvalue weighted by molar-refractivity contribution is 0.0406. The third-order valence-corrected chi connectivity index (χ3v) is 6.38. The number of piperazine rings is 1. The normalized spacial score (nSPS) is 20.9. The number of isothiocyanates is 1. The molecule has 0 amide bonds. The van der Waals surface area contributed by atoms with Gasteiger partial charge in [0.15, 0.2) is 0 Å². The van der Waals surface area contributed by atoms with Crippen molar-refractivity contribution < 1.29 is 0 Å². The molecule has 0 saturated carbocycles. The molecule has 1 aromatic heterocycles. The van der Waals surface area contributed by atoms with Gasteiger partial charge in [0.2, 0.25) is 0 Å². The van der Waals surface area contributed by atoms with E-state index in [-0.39, 0.29) is 0 Å². The maximum atomic E-state index is 4.69. The van der Waals surface area contributed by atoms with Crippen LogP contribution in [0.4, 0.5) is 0 Å². The van der Waals surface area contributed by atoms with E-state index in [9.17, 15) is 0 Å². The van der Waals surface area contributed by atoms with E-state index in [2.05, 4.69) is 86.9 Å². The summed E-state index contributed by atoms with van der Waals surface area (Å²) in [4.78, 5) is 9.27. The van der Waals surface area contributed by atoms with Crippen LogP contribution in [0.15, 0.2) is 53.5 Å². The summed E-state index contributed by atoms with van der Waals surface area (Å²) in [7, 11) is 0. The molecule has 0 bridgehead atoms. The van der Waals surface area contributed by atoms with Gasteiger partial charge in [-0.05, 0) is 51.2 Å². The van der Waals surface area contributed by atoms with E-state index in [1.807, 2.05) is 0 Å². The van der Waals surface area contributed by atoms with E-state index >= 15 is 0 Å². The number of hydrogen-bond donors (Lipinski definition) is 0. The minimum absolute atomic E-state index is 0.548. The highest BCUT2D eigenvalue weighted by Crippen LogP contribution is 2.29. The van der Waals surface area contributed by atoms with Crippen molar-refractivity contribution in [1.29, 1.82) is 0 Å². The number of fused-ring (bicyclic) bond motifs is 3. The van der Waals surface area contributed by atoms with Gasteiger partial charge in [-0.1, -0.05) is 36.4 Å². The summed E-state index contributed by atoms with van der Waals surface area (Å²) in [5, 5.41) is 5.20. The number of aryl methyl sites for hydroxylation is 1. The van der Waals surface area contributed by atoms with E-state index in [4.69, 9.17) is 12.2 Å². The highest BCUT2D eigenvalue weighted by molar-refractivity contribution is 7.78. The van der Waals surface area contributed by atoms with Gasteiger partial charge in [0.25, 0.3) is 0 Å². The van der Waals surface area contributed by atoms with Crippen LogP contribution in [0.5, 0.6) is 0 Å². The molecular formula is C24H30N4S. The maximum absolute atomic E-state index is 4.69. The third kappa shape index (κ3) is 4.29. The molecule has 2 heterocycles. The zero-order valence-electron chi connectivity index (χ0n) is 17.4. The molecule has 4 nitrogen and oxygen atoms in total. The van der Waals surface area contributed by atoms with Gasteiger partial charge in [-0.25, -0.2) is 4.99 Å².